The van der Waals surface area contributed by atoms with Crippen LogP contribution < -0.4 is 10.7 Å². The van der Waals surface area contributed by atoms with Crippen molar-refractivity contribution in [3.63, 3.8) is 0 Å². The molecule has 3 rings (SSSR count). The fraction of sp³-hybridized carbons (Fsp3) is 0.280. The second kappa shape index (κ2) is 11.3. The second-order valence-corrected chi connectivity index (χ2v) is 8.60. The molecule has 2 aromatic carbocycles. The summed E-state index contributed by atoms with van der Waals surface area (Å²) in [4.78, 5) is 25.4. The molecule has 0 unspecified atom stereocenters. The topological polar surface area (TPSA) is 96.6 Å². The number of aryl methyl sites for hydroxylation is 1. The Morgan fingerprint density at radius 1 is 1.09 bits per heavy atom. The Bertz CT molecular complexity index is 1210. The monoisotopic (exact) mass is 500 g/mol. The van der Waals surface area contributed by atoms with Gasteiger partial charge in [-0.05, 0) is 56.5 Å². The van der Waals surface area contributed by atoms with Crippen LogP contribution in [0.25, 0.3) is 11.3 Å². The number of rotatable bonds is 8. The molecule has 1 aromatic heterocycles. The first kappa shape index (κ1) is 25.5. The maximum atomic E-state index is 13.0. The fourth-order valence-electron chi connectivity index (χ4n) is 3.52. The van der Waals surface area contributed by atoms with Gasteiger partial charge in [-0.15, -0.1) is 0 Å². The van der Waals surface area contributed by atoms with Gasteiger partial charge in [-0.1, -0.05) is 60.4 Å². The van der Waals surface area contributed by atoms with Crippen molar-refractivity contribution in [1.82, 2.24) is 10.6 Å². The number of amides is 2. The molecule has 0 bridgehead atoms. The summed E-state index contributed by atoms with van der Waals surface area (Å²) < 4.78 is 5.25. The normalized spacial score (nSPS) is 11.6. The quantitative estimate of drug-likeness (QED) is 0.273. The molecule has 9 heteroatoms. The average Bonchev–Trinajstić information content (AvgIpc) is 3.19. The first-order valence-corrected chi connectivity index (χ1v) is 11.7. The van der Waals surface area contributed by atoms with E-state index in [0.717, 1.165) is 18.4 Å². The van der Waals surface area contributed by atoms with Crippen molar-refractivity contribution >= 4 is 46.4 Å². The lowest BCUT2D eigenvalue weighted by molar-refractivity contribution is -0.120. The number of carbonyl (C=O) groups is 2. The lowest BCUT2D eigenvalue weighted by atomic mass is 10.0. The highest BCUT2D eigenvalue weighted by Gasteiger charge is 2.25. The third-order valence-corrected chi connectivity index (χ3v) is 6.15. The maximum Gasteiger partial charge on any atom is 0.277 e. The molecule has 3 aromatic rings. The zero-order chi connectivity index (χ0) is 24.8. The average molecular weight is 501 g/mol. The summed E-state index contributed by atoms with van der Waals surface area (Å²) in [5, 5.41) is 11.9. The van der Waals surface area contributed by atoms with Crippen LogP contribution in [0, 0.1) is 12.8 Å². The Kier molecular flexibility index (Phi) is 8.47. The van der Waals surface area contributed by atoms with E-state index in [1.807, 2.05) is 38.1 Å². The summed E-state index contributed by atoms with van der Waals surface area (Å²) >= 11 is 12.6. The standard InChI is InChI=1S/C25H26Cl2N4O3/c1-5-16(6-2)24(32)28-18-10-7-9-17(13-18)14(3)29-30-25(33)21-15(4)34-31-23(21)22-19(26)11-8-12-20(22)27/h7-13,16H,5-6H2,1-4H3,(H,28,32)(H,30,33)/b29-14-. The Hall–Kier alpha value is -3.16. The Morgan fingerprint density at radius 2 is 1.74 bits per heavy atom. The number of carbonyl (C=O) groups excluding carboxylic acids is 2. The fourth-order valence-corrected chi connectivity index (χ4v) is 4.09. The lowest BCUT2D eigenvalue weighted by Gasteiger charge is -2.13. The van der Waals surface area contributed by atoms with Crippen molar-refractivity contribution in [2.24, 2.45) is 11.0 Å². The van der Waals surface area contributed by atoms with Crippen LogP contribution >= 0.6 is 23.2 Å². The molecule has 1 heterocycles. The minimum absolute atomic E-state index is 0.0151. The molecular weight excluding hydrogens is 475 g/mol. The Balaban J connectivity index is 1.80. The molecule has 0 atom stereocenters. The van der Waals surface area contributed by atoms with E-state index in [1.54, 1.807) is 32.0 Å². The van der Waals surface area contributed by atoms with Crippen molar-refractivity contribution in [3.8, 4) is 11.3 Å². The lowest BCUT2D eigenvalue weighted by Crippen LogP contribution is -2.22. The van der Waals surface area contributed by atoms with Crippen molar-refractivity contribution < 1.29 is 14.1 Å². The predicted octanol–water partition coefficient (Wildman–Crippen LogP) is 6.49. The van der Waals surface area contributed by atoms with Gasteiger partial charge in [0, 0.05) is 17.2 Å². The third kappa shape index (κ3) is 5.66. The van der Waals surface area contributed by atoms with Crippen LogP contribution in [0.4, 0.5) is 5.69 Å². The van der Waals surface area contributed by atoms with Gasteiger partial charge >= 0.3 is 0 Å². The molecule has 7 nitrogen and oxygen atoms in total. The van der Waals surface area contributed by atoms with Gasteiger partial charge in [0.1, 0.15) is 17.0 Å². The van der Waals surface area contributed by atoms with Crippen LogP contribution in [-0.4, -0.2) is 22.7 Å². The van der Waals surface area contributed by atoms with Gasteiger partial charge in [0.2, 0.25) is 5.91 Å². The zero-order valence-electron chi connectivity index (χ0n) is 19.4. The smallest absolute Gasteiger partial charge is 0.277 e. The number of hydrogen-bond donors (Lipinski definition) is 2. The van der Waals surface area contributed by atoms with Gasteiger partial charge in [0.25, 0.3) is 5.91 Å². The highest BCUT2D eigenvalue weighted by Crippen LogP contribution is 2.36. The molecule has 0 aliphatic rings. The number of hydrazone groups is 1. The van der Waals surface area contributed by atoms with E-state index in [4.69, 9.17) is 27.7 Å². The van der Waals surface area contributed by atoms with E-state index in [-0.39, 0.29) is 23.1 Å². The summed E-state index contributed by atoms with van der Waals surface area (Å²) in [5.41, 5.74) is 5.36. The molecule has 2 amide bonds. The van der Waals surface area contributed by atoms with Crippen LogP contribution in [0.3, 0.4) is 0 Å². The van der Waals surface area contributed by atoms with E-state index in [9.17, 15) is 9.59 Å². The largest absolute Gasteiger partial charge is 0.360 e. The molecular formula is C25H26Cl2N4O3. The maximum absolute atomic E-state index is 13.0. The van der Waals surface area contributed by atoms with Gasteiger partial charge in [0.15, 0.2) is 0 Å². The van der Waals surface area contributed by atoms with Gasteiger partial charge in [0.05, 0.1) is 15.8 Å². The van der Waals surface area contributed by atoms with Crippen LogP contribution in [-0.2, 0) is 4.79 Å². The summed E-state index contributed by atoms with van der Waals surface area (Å²) in [6.45, 7) is 7.37. The van der Waals surface area contributed by atoms with Crippen molar-refractivity contribution in [2.45, 2.75) is 40.5 Å². The first-order chi connectivity index (χ1) is 16.3. The van der Waals surface area contributed by atoms with Crippen LogP contribution in [0.15, 0.2) is 52.1 Å². The first-order valence-electron chi connectivity index (χ1n) is 10.9. The number of hydrogen-bond acceptors (Lipinski definition) is 5. The van der Waals surface area contributed by atoms with Crippen LogP contribution in [0.5, 0.6) is 0 Å². The second-order valence-electron chi connectivity index (χ2n) is 7.78. The molecule has 2 N–H and O–H groups in total. The van der Waals surface area contributed by atoms with Gasteiger partial charge in [-0.3, -0.25) is 9.59 Å². The van der Waals surface area contributed by atoms with Crippen LogP contribution in [0.1, 0.15) is 55.3 Å². The molecule has 34 heavy (non-hydrogen) atoms. The van der Waals surface area contributed by atoms with E-state index in [2.05, 4.69) is 21.0 Å². The summed E-state index contributed by atoms with van der Waals surface area (Å²) in [6, 6.07) is 12.3. The molecule has 0 fully saturated rings. The number of benzene rings is 2. The molecule has 0 saturated heterocycles. The van der Waals surface area contributed by atoms with Crippen molar-refractivity contribution in [3.05, 3.63) is 69.4 Å². The van der Waals surface area contributed by atoms with E-state index < -0.39 is 5.91 Å². The minimum Gasteiger partial charge on any atom is -0.360 e. The summed E-state index contributed by atoms with van der Waals surface area (Å²) in [6.07, 6.45) is 1.55. The van der Waals surface area contributed by atoms with Gasteiger partial charge < -0.3 is 9.84 Å². The molecule has 0 aliphatic heterocycles. The van der Waals surface area contributed by atoms with Gasteiger partial charge in [-0.2, -0.15) is 5.10 Å². The molecule has 0 radical (unpaired) electrons. The Labute approximate surface area is 208 Å². The SMILES string of the molecule is CCC(CC)C(=O)Nc1cccc(/C(C)=N\NC(=O)c2c(-c3c(Cl)cccc3Cl)noc2C)c1. The molecule has 178 valence electrons. The number of halogens is 2. The number of nitrogens with zero attached hydrogens (tertiary/aromatic N) is 2. The third-order valence-electron chi connectivity index (χ3n) is 5.52. The van der Waals surface area contributed by atoms with Gasteiger partial charge in [-0.25, -0.2) is 5.43 Å². The minimum atomic E-state index is -0.512. The number of nitrogens with one attached hydrogen (secondary N) is 2. The summed E-state index contributed by atoms with van der Waals surface area (Å²) in [7, 11) is 0. The van der Waals surface area contributed by atoms with Crippen LogP contribution in [0.2, 0.25) is 10.0 Å². The molecule has 0 saturated carbocycles. The van der Waals surface area contributed by atoms with E-state index in [0.29, 0.717) is 32.8 Å². The predicted molar refractivity (Wildman–Crippen MR) is 136 cm³/mol. The molecule has 0 spiro atoms. The summed E-state index contributed by atoms with van der Waals surface area (Å²) in [5.74, 6) is -0.256. The molecule has 0 aliphatic carbocycles. The van der Waals surface area contributed by atoms with E-state index in [1.165, 1.54) is 0 Å². The van der Waals surface area contributed by atoms with E-state index >= 15 is 0 Å². The number of anilines is 1. The van der Waals surface area contributed by atoms with Crippen molar-refractivity contribution in [2.75, 3.05) is 5.32 Å². The highest BCUT2D eigenvalue weighted by molar-refractivity contribution is 6.39. The highest BCUT2D eigenvalue weighted by atomic mass is 35.5. The zero-order valence-corrected chi connectivity index (χ0v) is 20.9. The van der Waals surface area contributed by atoms with Crippen molar-refractivity contribution in [1.29, 1.82) is 0 Å². The number of aromatic nitrogens is 1. The Morgan fingerprint density at radius 3 is 2.38 bits per heavy atom.